The summed E-state index contributed by atoms with van der Waals surface area (Å²) in [4.78, 5) is 30.6. The molecule has 0 bridgehead atoms. The zero-order valence-electron chi connectivity index (χ0n) is 23.1. The summed E-state index contributed by atoms with van der Waals surface area (Å²) in [5, 5.41) is 14.7. The van der Waals surface area contributed by atoms with E-state index in [0.29, 0.717) is 50.2 Å². The fourth-order valence-corrected chi connectivity index (χ4v) is 6.31. The normalized spacial score (nSPS) is 27.0. The predicted molar refractivity (Wildman–Crippen MR) is 142 cm³/mol. The standard InChI is InChI=1S/C28H46N4O5/c1-20(2)18-32(27(35)24-8-7-23(21(3)33)31(24)9-5-6-12-36-4)25-16-28(25)15-22(17-29-19-28)26(34)30-10-13-37-14-11-30/h7-8,20,22,25-26,29,34H,5-6,9-19H2,1-4H3/t22-,25?,26?,28?/m1/s1. The number of ether oxygens (including phenoxy) is 2. The average molecular weight is 519 g/mol. The molecule has 2 saturated heterocycles. The summed E-state index contributed by atoms with van der Waals surface area (Å²) in [7, 11) is 1.69. The van der Waals surface area contributed by atoms with E-state index in [1.54, 1.807) is 20.1 Å². The molecule has 3 aliphatic rings. The van der Waals surface area contributed by atoms with Crippen LogP contribution in [0.3, 0.4) is 0 Å². The van der Waals surface area contributed by atoms with Gasteiger partial charge in [0.1, 0.15) is 11.9 Å². The minimum atomic E-state index is -0.494. The fourth-order valence-electron chi connectivity index (χ4n) is 6.31. The van der Waals surface area contributed by atoms with Gasteiger partial charge in [0.05, 0.1) is 18.9 Å². The van der Waals surface area contributed by atoms with Crippen molar-refractivity contribution in [2.24, 2.45) is 17.3 Å². The molecule has 0 aromatic carbocycles. The summed E-state index contributed by atoms with van der Waals surface area (Å²) in [5.41, 5.74) is 1.17. The number of carbonyl (C=O) groups is 2. The van der Waals surface area contributed by atoms with Gasteiger partial charge in [-0.2, -0.15) is 0 Å². The number of nitrogens with one attached hydrogen (secondary N) is 1. The van der Waals surface area contributed by atoms with Gasteiger partial charge in [-0.3, -0.25) is 14.5 Å². The number of methoxy groups -OCH3 is 1. The first-order valence-electron chi connectivity index (χ1n) is 14.0. The van der Waals surface area contributed by atoms with Crippen LogP contribution in [0, 0.1) is 17.3 Å². The quantitative estimate of drug-likeness (QED) is 0.324. The number of piperidine rings is 1. The Bertz CT molecular complexity index is 928. The van der Waals surface area contributed by atoms with Crippen molar-refractivity contribution < 1.29 is 24.2 Å². The molecule has 2 N–H and O–H groups in total. The Morgan fingerprint density at radius 3 is 2.62 bits per heavy atom. The lowest BCUT2D eigenvalue weighted by Crippen LogP contribution is -2.53. The molecule has 2 aliphatic heterocycles. The first-order chi connectivity index (χ1) is 17.8. The van der Waals surface area contributed by atoms with Gasteiger partial charge >= 0.3 is 0 Å². The largest absolute Gasteiger partial charge is 0.385 e. The van der Waals surface area contributed by atoms with E-state index in [9.17, 15) is 14.7 Å². The Balaban J connectivity index is 1.51. The molecular formula is C28H46N4O5. The van der Waals surface area contributed by atoms with Crippen molar-refractivity contribution >= 4 is 11.7 Å². The monoisotopic (exact) mass is 518 g/mol. The van der Waals surface area contributed by atoms with Crippen LogP contribution in [0.25, 0.3) is 0 Å². The van der Waals surface area contributed by atoms with Gasteiger partial charge in [-0.1, -0.05) is 13.8 Å². The van der Waals surface area contributed by atoms with Crippen LogP contribution in [0.5, 0.6) is 0 Å². The van der Waals surface area contributed by atoms with Crippen LogP contribution in [-0.4, -0.2) is 103 Å². The summed E-state index contributed by atoms with van der Waals surface area (Å²) in [6.07, 6.45) is 3.07. The number of nitrogens with zero attached hydrogens (tertiary/aromatic N) is 3. The molecule has 3 heterocycles. The van der Waals surface area contributed by atoms with Gasteiger partial charge < -0.3 is 29.4 Å². The van der Waals surface area contributed by atoms with E-state index < -0.39 is 6.23 Å². The molecular weight excluding hydrogens is 472 g/mol. The Morgan fingerprint density at radius 2 is 1.95 bits per heavy atom. The van der Waals surface area contributed by atoms with Gasteiger partial charge in [-0.15, -0.1) is 0 Å². The number of amides is 1. The van der Waals surface area contributed by atoms with Gasteiger partial charge in [0.25, 0.3) is 5.91 Å². The number of Topliss-reactive ketones (excluding diaryl/α,β-unsaturated/α-hetero) is 1. The molecule has 3 fully saturated rings. The molecule has 1 spiro atoms. The molecule has 1 aliphatic carbocycles. The van der Waals surface area contributed by atoms with Crippen LogP contribution in [-0.2, 0) is 16.0 Å². The van der Waals surface area contributed by atoms with Crippen molar-refractivity contribution in [3.63, 3.8) is 0 Å². The molecule has 37 heavy (non-hydrogen) atoms. The highest BCUT2D eigenvalue weighted by molar-refractivity contribution is 5.98. The van der Waals surface area contributed by atoms with Crippen molar-refractivity contribution in [1.29, 1.82) is 0 Å². The number of carbonyl (C=O) groups excluding carboxylic acids is 2. The van der Waals surface area contributed by atoms with Crippen LogP contribution < -0.4 is 5.32 Å². The minimum Gasteiger partial charge on any atom is -0.385 e. The third kappa shape index (κ3) is 6.45. The Morgan fingerprint density at radius 1 is 1.22 bits per heavy atom. The first-order valence-corrected chi connectivity index (χ1v) is 14.0. The summed E-state index contributed by atoms with van der Waals surface area (Å²) in [6.45, 7) is 12.3. The highest BCUT2D eigenvalue weighted by Gasteiger charge is 2.60. The number of hydrogen-bond acceptors (Lipinski definition) is 7. The number of hydrogen-bond donors (Lipinski definition) is 2. The van der Waals surface area contributed by atoms with Crippen LogP contribution in [0.15, 0.2) is 12.1 Å². The number of aliphatic hydroxyl groups excluding tert-OH is 1. The predicted octanol–water partition coefficient (Wildman–Crippen LogP) is 2.23. The second-order valence-electron chi connectivity index (χ2n) is 11.6. The van der Waals surface area contributed by atoms with E-state index in [1.165, 1.54) is 0 Å². The molecule has 208 valence electrons. The molecule has 1 saturated carbocycles. The summed E-state index contributed by atoms with van der Waals surface area (Å²) < 4.78 is 12.6. The molecule has 1 amide bonds. The van der Waals surface area contributed by atoms with Crippen LogP contribution in [0.1, 0.15) is 67.4 Å². The third-order valence-corrected chi connectivity index (χ3v) is 8.28. The van der Waals surface area contributed by atoms with Crippen molar-refractivity contribution in [3.8, 4) is 0 Å². The molecule has 9 nitrogen and oxygen atoms in total. The van der Waals surface area contributed by atoms with E-state index in [-0.39, 0.29) is 29.1 Å². The van der Waals surface area contributed by atoms with Crippen LogP contribution in [0.4, 0.5) is 0 Å². The number of aromatic nitrogens is 1. The van der Waals surface area contributed by atoms with Gasteiger partial charge in [0, 0.05) is 77.3 Å². The number of unbranched alkanes of at least 4 members (excludes halogenated alkanes) is 1. The summed E-state index contributed by atoms with van der Waals surface area (Å²) in [6, 6.07) is 3.74. The maximum atomic E-state index is 14.1. The Kier molecular flexibility index (Phi) is 9.45. The second kappa shape index (κ2) is 12.4. The lowest BCUT2D eigenvalue weighted by molar-refractivity contribution is -0.0946. The molecule has 1 aromatic rings. The lowest BCUT2D eigenvalue weighted by atomic mass is 9.85. The first kappa shape index (κ1) is 28.2. The van der Waals surface area contributed by atoms with Gasteiger partial charge in [-0.05, 0) is 43.7 Å². The lowest BCUT2D eigenvalue weighted by Gasteiger charge is -2.40. The van der Waals surface area contributed by atoms with Crippen molar-refractivity contribution in [2.75, 3.05) is 59.7 Å². The fraction of sp³-hybridized carbons (Fsp3) is 0.786. The van der Waals surface area contributed by atoms with E-state index >= 15 is 0 Å². The smallest absolute Gasteiger partial charge is 0.270 e. The van der Waals surface area contributed by atoms with E-state index in [2.05, 4.69) is 29.0 Å². The number of ketones is 1. The second-order valence-corrected chi connectivity index (χ2v) is 11.6. The number of aliphatic hydroxyl groups is 1. The van der Waals surface area contributed by atoms with E-state index in [0.717, 1.165) is 51.9 Å². The zero-order valence-corrected chi connectivity index (χ0v) is 23.1. The molecule has 9 heteroatoms. The van der Waals surface area contributed by atoms with Gasteiger partial charge in [0.15, 0.2) is 5.78 Å². The van der Waals surface area contributed by atoms with Crippen molar-refractivity contribution in [1.82, 2.24) is 19.7 Å². The number of morpholine rings is 1. The van der Waals surface area contributed by atoms with Gasteiger partial charge in [-0.25, -0.2) is 0 Å². The third-order valence-electron chi connectivity index (χ3n) is 8.28. The summed E-state index contributed by atoms with van der Waals surface area (Å²) >= 11 is 0. The van der Waals surface area contributed by atoms with Crippen molar-refractivity contribution in [3.05, 3.63) is 23.5 Å². The minimum absolute atomic E-state index is 0.00525. The van der Waals surface area contributed by atoms with E-state index in [4.69, 9.17) is 9.47 Å². The average Bonchev–Trinajstić information content (AvgIpc) is 3.38. The summed E-state index contributed by atoms with van der Waals surface area (Å²) in [5.74, 6) is 0.429. The maximum Gasteiger partial charge on any atom is 0.270 e. The zero-order chi connectivity index (χ0) is 26.6. The topological polar surface area (TPSA) is 96.3 Å². The highest BCUT2D eigenvalue weighted by atomic mass is 16.5. The molecule has 0 radical (unpaired) electrons. The molecule has 3 unspecified atom stereocenters. The highest BCUT2D eigenvalue weighted by Crippen LogP contribution is 2.55. The Labute approximate surface area is 221 Å². The van der Waals surface area contributed by atoms with Crippen molar-refractivity contribution in [2.45, 2.75) is 65.3 Å². The van der Waals surface area contributed by atoms with E-state index in [1.807, 2.05) is 10.6 Å². The Hall–Kier alpha value is -1.78. The van der Waals surface area contributed by atoms with Crippen LogP contribution in [0.2, 0.25) is 0 Å². The van der Waals surface area contributed by atoms with Gasteiger partial charge in [0.2, 0.25) is 0 Å². The SMILES string of the molecule is COCCCCn1c(C(C)=O)ccc1C(=O)N(CC(C)C)C1CC12CNC[C@H](C(O)N1CCOCC1)C2. The molecule has 4 atom stereocenters. The number of rotatable bonds is 12. The molecule has 4 rings (SSSR count). The maximum absolute atomic E-state index is 14.1. The van der Waals surface area contributed by atoms with Crippen LogP contribution >= 0.6 is 0 Å². The molecule has 1 aromatic heterocycles.